The van der Waals surface area contributed by atoms with E-state index >= 15 is 0 Å². The Morgan fingerprint density at radius 2 is 1.71 bits per heavy atom. The second kappa shape index (κ2) is 5.16. The highest BCUT2D eigenvalue weighted by Crippen LogP contribution is 2.29. The van der Waals surface area contributed by atoms with E-state index in [1.165, 1.54) is 57.9 Å². The number of rotatable bonds is 4. The Hall–Kier alpha value is -0.0400. The Labute approximate surface area is 88.7 Å². The summed E-state index contributed by atoms with van der Waals surface area (Å²) in [6.07, 6.45) is 11.8. The van der Waals surface area contributed by atoms with Crippen LogP contribution in [0.25, 0.3) is 0 Å². The summed E-state index contributed by atoms with van der Waals surface area (Å²) in [6, 6.07) is 0.876. The van der Waals surface area contributed by atoms with Crippen LogP contribution in [0, 0.1) is 11.8 Å². The molecule has 0 aromatic rings. The summed E-state index contributed by atoms with van der Waals surface area (Å²) in [5.41, 5.74) is 0. The Bertz CT molecular complexity index is 157. The molecule has 1 N–H and O–H groups in total. The maximum atomic E-state index is 3.72. The van der Waals surface area contributed by atoms with Crippen molar-refractivity contribution in [3.05, 3.63) is 0 Å². The summed E-state index contributed by atoms with van der Waals surface area (Å²) in [6.45, 7) is 3.72. The molecule has 0 aliphatic heterocycles. The van der Waals surface area contributed by atoms with Crippen LogP contribution in [0.1, 0.15) is 58.3 Å². The van der Waals surface area contributed by atoms with Crippen LogP contribution in [-0.4, -0.2) is 12.6 Å². The Morgan fingerprint density at radius 1 is 1.00 bits per heavy atom. The van der Waals surface area contributed by atoms with E-state index in [4.69, 9.17) is 0 Å². The SMILES string of the molecule is CC(CNC1CCC1)C1CCCCC1. The van der Waals surface area contributed by atoms with Gasteiger partial charge in [-0.2, -0.15) is 0 Å². The fourth-order valence-electron chi connectivity index (χ4n) is 2.83. The fourth-order valence-corrected chi connectivity index (χ4v) is 2.83. The Balaban J connectivity index is 1.62. The fraction of sp³-hybridized carbons (Fsp3) is 1.00. The maximum absolute atomic E-state index is 3.72. The summed E-state index contributed by atoms with van der Waals surface area (Å²) < 4.78 is 0. The van der Waals surface area contributed by atoms with Crippen molar-refractivity contribution < 1.29 is 0 Å². The highest BCUT2D eigenvalue weighted by molar-refractivity contribution is 4.79. The van der Waals surface area contributed by atoms with Gasteiger partial charge in [0, 0.05) is 6.04 Å². The lowest BCUT2D eigenvalue weighted by molar-refractivity contribution is 0.234. The standard InChI is InChI=1S/C13H25N/c1-11(10-14-13-8-5-9-13)12-6-3-2-4-7-12/h11-14H,2-10H2,1H3. The monoisotopic (exact) mass is 195 g/mol. The zero-order chi connectivity index (χ0) is 9.80. The number of hydrogen-bond donors (Lipinski definition) is 1. The van der Waals surface area contributed by atoms with Crippen LogP contribution in [0.4, 0.5) is 0 Å². The van der Waals surface area contributed by atoms with Crippen molar-refractivity contribution in [1.82, 2.24) is 5.32 Å². The van der Waals surface area contributed by atoms with Crippen molar-refractivity contribution in [1.29, 1.82) is 0 Å². The van der Waals surface area contributed by atoms with Crippen molar-refractivity contribution in [2.75, 3.05) is 6.54 Å². The van der Waals surface area contributed by atoms with Gasteiger partial charge in [0.15, 0.2) is 0 Å². The second-order valence-corrected chi connectivity index (χ2v) is 5.41. The van der Waals surface area contributed by atoms with Gasteiger partial charge in [0.05, 0.1) is 0 Å². The van der Waals surface area contributed by atoms with E-state index in [-0.39, 0.29) is 0 Å². The third-order valence-corrected chi connectivity index (χ3v) is 4.29. The van der Waals surface area contributed by atoms with Gasteiger partial charge in [-0.3, -0.25) is 0 Å². The average molecular weight is 195 g/mol. The molecule has 2 aliphatic rings. The lowest BCUT2D eigenvalue weighted by Gasteiger charge is -2.32. The van der Waals surface area contributed by atoms with Crippen LogP contribution >= 0.6 is 0 Å². The molecule has 82 valence electrons. The normalized spacial score (nSPS) is 27.2. The van der Waals surface area contributed by atoms with Crippen LogP contribution in [0.2, 0.25) is 0 Å². The van der Waals surface area contributed by atoms with E-state index < -0.39 is 0 Å². The van der Waals surface area contributed by atoms with E-state index in [1.54, 1.807) is 0 Å². The first kappa shape index (κ1) is 10.5. The van der Waals surface area contributed by atoms with Gasteiger partial charge < -0.3 is 5.32 Å². The maximum Gasteiger partial charge on any atom is 0.00671 e. The first-order valence-electron chi connectivity index (χ1n) is 6.59. The largest absolute Gasteiger partial charge is 0.314 e. The minimum Gasteiger partial charge on any atom is -0.314 e. The Morgan fingerprint density at radius 3 is 2.29 bits per heavy atom. The quantitative estimate of drug-likeness (QED) is 0.725. The van der Waals surface area contributed by atoms with E-state index in [9.17, 15) is 0 Å². The van der Waals surface area contributed by atoms with Crippen molar-refractivity contribution in [3.63, 3.8) is 0 Å². The number of hydrogen-bond acceptors (Lipinski definition) is 1. The average Bonchev–Trinajstić information content (AvgIpc) is 2.16. The minimum absolute atomic E-state index is 0.876. The third kappa shape index (κ3) is 2.73. The smallest absolute Gasteiger partial charge is 0.00671 e. The summed E-state index contributed by atoms with van der Waals surface area (Å²) in [7, 11) is 0. The topological polar surface area (TPSA) is 12.0 Å². The molecule has 14 heavy (non-hydrogen) atoms. The minimum atomic E-state index is 0.876. The molecule has 0 radical (unpaired) electrons. The van der Waals surface area contributed by atoms with Gasteiger partial charge in [0.25, 0.3) is 0 Å². The zero-order valence-electron chi connectivity index (χ0n) is 9.60. The molecule has 0 saturated heterocycles. The highest BCUT2D eigenvalue weighted by atomic mass is 14.9. The van der Waals surface area contributed by atoms with Crippen molar-refractivity contribution >= 4 is 0 Å². The van der Waals surface area contributed by atoms with Gasteiger partial charge >= 0.3 is 0 Å². The van der Waals surface area contributed by atoms with Gasteiger partial charge in [-0.05, 0) is 31.2 Å². The van der Waals surface area contributed by atoms with Crippen LogP contribution < -0.4 is 5.32 Å². The van der Waals surface area contributed by atoms with E-state index in [2.05, 4.69) is 12.2 Å². The Kier molecular flexibility index (Phi) is 3.86. The molecule has 0 heterocycles. The molecular formula is C13H25N. The molecule has 0 bridgehead atoms. The summed E-state index contributed by atoms with van der Waals surface area (Å²) in [5.74, 6) is 1.94. The summed E-state index contributed by atoms with van der Waals surface area (Å²) >= 11 is 0. The lowest BCUT2D eigenvalue weighted by atomic mass is 9.80. The summed E-state index contributed by atoms with van der Waals surface area (Å²) in [5, 5.41) is 3.72. The van der Waals surface area contributed by atoms with Gasteiger partial charge in [-0.15, -0.1) is 0 Å². The molecule has 1 atom stereocenters. The molecular weight excluding hydrogens is 170 g/mol. The molecule has 2 rings (SSSR count). The molecule has 2 aliphatic carbocycles. The summed E-state index contributed by atoms with van der Waals surface area (Å²) in [4.78, 5) is 0. The van der Waals surface area contributed by atoms with E-state index in [0.29, 0.717) is 0 Å². The van der Waals surface area contributed by atoms with Crippen LogP contribution in [-0.2, 0) is 0 Å². The van der Waals surface area contributed by atoms with Crippen molar-refractivity contribution in [2.24, 2.45) is 11.8 Å². The first-order valence-corrected chi connectivity index (χ1v) is 6.59. The van der Waals surface area contributed by atoms with Gasteiger partial charge in [-0.1, -0.05) is 45.4 Å². The van der Waals surface area contributed by atoms with Gasteiger partial charge in [-0.25, -0.2) is 0 Å². The van der Waals surface area contributed by atoms with Crippen LogP contribution in [0.15, 0.2) is 0 Å². The molecule has 0 spiro atoms. The van der Waals surface area contributed by atoms with Gasteiger partial charge in [0.1, 0.15) is 0 Å². The van der Waals surface area contributed by atoms with Crippen LogP contribution in [0.3, 0.4) is 0 Å². The molecule has 0 aromatic heterocycles. The molecule has 2 saturated carbocycles. The third-order valence-electron chi connectivity index (χ3n) is 4.29. The molecule has 1 heteroatoms. The molecule has 2 fully saturated rings. The predicted octanol–water partition coefficient (Wildman–Crippen LogP) is 3.34. The number of nitrogens with one attached hydrogen (secondary N) is 1. The van der Waals surface area contributed by atoms with Crippen molar-refractivity contribution in [2.45, 2.75) is 64.3 Å². The molecule has 1 nitrogen and oxygen atoms in total. The lowest BCUT2D eigenvalue weighted by Crippen LogP contribution is -2.39. The first-order chi connectivity index (χ1) is 6.86. The second-order valence-electron chi connectivity index (χ2n) is 5.41. The van der Waals surface area contributed by atoms with E-state index in [0.717, 1.165) is 17.9 Å². The molecule has 1 unspecified atom stereocenters. The van der Waals surface area contributed by atoms with Crippen LogP contribution in [0.5, 0.6) is 0 Å². The van der Waals surface area contributed by atoms with E-state index in [1.807, 2.05) is 0 Å². The molecule has 0 aromatic carbocycles. The molecule has 0 amide bonds. The predicted molar refractivity (Wildman–Crippen MR) is 61.4 cm³/mol. The highest BCUT2D eigenvalue weighted by Gasteiger charge is 2.22. The van der Waals surface area contributed by atoms with Crippen molar-refractivity contribution in [3.8, 4) is 0 Å². The zero-order valence-corrected chi connectivity index (χ0v) is 9.60. The van der Waals surface area contributed by atoms with Gasteiger partial charge in [0.2, 0.25) is 0 Å².